The van der Waals surface area contributed by atoms with Crippen LogP contribution in [0.1, 0.15) is 0 Å². The number of rotatable bonds is 3. The molecule has 6 heteroatoms. The summed E-state index contributed by atoms with van der Waals surface area (Å²) in [5.41, 5.74) is 12.9. The zero-order chi connectivity index (χ0) is 14.7. The van der Waals surface area contributed by atoms with Crippen LogP contribution in [0.4, 0.5) is 11.6 Å². The Balaban J connectivity index is 1.84. The van der Waals surface area contributed by atoms with E-state index in [0.29, 0.717) is 17.4 Å². The van der Waals surface area contributed by atoms with Crippen molar-refractivity contribution in [2.45, 2.75) is 0 Å². The van der Waals surface area contributed by atoms with Gasteiger partial charge in [0.15, 0.2) is 0 Å². The Morgan fingerprint density at radius 1 is 0.857 bits per heavy atom. The van der Waals surface area contributed by atoms with Crippen molar-refractivity contribution >= 4 is 11.6 Å². The second kappa shape index (κ2) is 5.46. The minimum atomic E-state index is 0.270. The number of benzene rings is 1. The fourth-order valence-corrected chi connectivity index (χ4v) is 1.84. The van der Waals surface area contributed by atoms with Crippen molar-refractivity contribution in [3.8, 4) is 22.9 Å². The SMILES string of the molecule is Nc1ccc(-c2cnc(Oc3ccccc3)nc2)c(N)n1. The van der Waals surface area contributed by atoms with Gasteiger partial charge in [-0.05, 0) is 24.3 Å². The summed E-state index contributed by atoms with van der Waals surface area (Å²) in [6.07, 6.45) is 3.27. The van der Waals surface area contributed by atoms with Crippen LogP contribution in [0.5, 0.6) is 11.8 Å². The average Bonchev–Trinajstić information content (AvgIpc) is 2.49. The van der Waals surface area contributed by atoms with Crippen LogP contribution in [-0.2, 0) is 0 Å². The molecule has 21 heavy (non-hydrogen) atoms. The molecule has 4 N–H and O–H groups in total. The van der Waals surface area contributed by atoms with Gasteiger partial charge < -0.3 is 16.2 Å². The van der Waals surface area contributed by atoms with Gasteiger partial charge in [-0.2, -0.15) is 0 Å². The Morgan fingerprint density at radius 2 is 1.57 bits per heavy atom. The maximum absolute atomic E-state index is 5.84. The number of nitrogens with zero attached hydrogens (tertiary/aromatic N) is 3. The maximum atomic E-state index is 5.84. The minimum absolute atomic E-state index is 0.270. The Labute approximate surface area is 121 Å². The van der Waals surface area contributed by atoms with Gasteiger partial charge in [0.05, 0.1) is 0 Å². The largest absolute Gasteiger partial charge is 0.424 e. The molecule has 0 amide bonds. The smallest absolute Gasteiger partial charge is 0.321 e. The minimum Gasteiger partial charge on any atom is -0.424 e. The molecule has 0 radical (unpaired) electrons. The van der Waals surface area contributed by atoms with E-state index in [1.165, 1.54) is 0 Å². The van der Waals surface area contributed by atoms with E-state index in [4.69, 9.17) is 16.2 Å². The predicted octanol–water partition coefficient (Wildman–Crippen LogP) is 2.50. The quantitative estimate of drug-likeness (QED) is 0.764. The van der Waals surface area contributed by atoms with Crippen molar-refractivity contribution in [2.24, 2.45) is 0 Å². The Kier molecular flexibility index (Phi) is 3.34. The van der Waals surface area contributed by atoms with Crippen molar-refractivity contribution in [3.05, 3.63) is 54.9 Å². The van der Waals surface area contributed by atoms with Gasteiger partial charge in [0.25, 0.3) is 0 Å². The van der Waals surface area contributed by atoms with Crippen LogP contribution in [0.15, 0.2) is 54.9 Å². The molecule has 3 rings (SSSR count). The number of nitrogens with two attached hydrogens (primary N) is 2. The number of pyridine rings is 1. The van der Waals surface area contributed by atoms with Gasteiger partial charge in [-0.3, -0.25) is 0 Å². The van der Waals surface area contributed by atoms with Gasteiger partial charge >= 0.3 is 6.01 Å². The van der Waals surface area contributed by atoms with Crippen LogP contribution in [0.2, 0.25) is 0 Å². The van der Waals surface area contributed by atoms with E-state index in [2.05, 4.69) is 15.0 Å². The molecular formula is C15H13N5O. The second-order valence-corrected chi connectivity index (χ2v) is 4.34. The summed E-state index contributed by atoms with van der Waals surface area (Å²) < 4.78 is 5.53. The molecule has 0 aliphatic carbocycles. The lowest BCUT2D eigenvalue weighted by Gasteiger charge is -2.06. The predicted molar refractivity (Wildman–Crippen MR) is 80.6 cm³/mol. The van der Waals surface area contributed by atoms with Gasteiger partial charge in [0.1, 0.15) is 17.4 Å². The van der Waals surface area contributed by atoms with E-state index >= 15 is 0 Å². The first-order chi connectivity index (χ1) is 10.2. The van der Waals surface area contributed by atoms with Gasteiger partial charge in [-0.15, -0.1) is 0 Å². The van der Waals surface area contributed by atoms with Crippen LogP contribution < -0.4 is 16.2 Å². The van der Waals surface area contributed by atoms with Crippen LogP contribution in [0, 0.1) is 0 Å². The van der Waals surface area contributed by atoms with E-state index < -0.39 is 0 Å². The average molecular weight is 279 g/mol. The van der Waals surface area contributed by atoms with Crippen molar-refractivity contribution in [3.63, 3.8) is 0 Å². The first-order valence-corrected chi connectivity index (χ1v) is 6.30. The van der Waals surface area contributed by atoms with Gasteiger partial charge in [0.2, 0.25) is 0 Å². The lowest BCUT2D eigenvalue weighted by atomic mass is 10.1. The lowest BCUT2D eigenvalue weighted by molar-refractivity contribution is 0.442. The highest BCUT2D eigenvalue weighted by Gasteiger charge is 2.07. The first kappa shape index (κ1) is 12.9. The fraction of sp³-hybridized carbons (Fsp3) is 0. The number of aromatic nitrogens is 3. The standard InChI is InChI=1S/C15H13N5O/c16-13-7-6-12(14(17)20-13)10-8-18-15(19-9-10)21-11-4-2-1-3-5-11/h1-9H,(H4,16,17,20). The van der Waals surface area contributed by atoms with Crippen molar-refractivity contribution in [1.29, 1.82) is 0 Å². The second-order valence-electron chi connectivity index (χ2n) is 4.34. The molecule has 2 heterocycles. The summed E-state index contributed by atoms with van der Waals surface area (Å²) in [4.78, 5) is 12.3. The molecular weight excluding hydrogens is 266 g/mol. The maximum Gasteiger partial charge on any atom is 0.321 e. The van der Waals surface area contributed by atoms with Gasteiger partial charge in [-0.25, -0.2) is 15.0 Å². The summed E-state index contributed by atoms with van der Waals surface area (Å²) >= 11 is 0. The summed E-state index contributed by atoms with van der Waals surface area (Å²) in [5, 5.41) is 0. The normalized spacial score (nSPS) is 10.3. The summed E-state index contributed by atoms with van der Waals surface area (Å²) in [6, 6.07) is 13.1. The molecule has 2 aromatic heterocycles. The van der Waals surface area contributed by atoms with E-state index in [1.807, 2.05) is 30.3 Å². The molecule has 0 aliphatic heterocycles. The molecule has 6 nitrogen and oxygen atoms in total. The van der Waals surface area contributed by atoms with E-state index in [9.17, 15) is 0 Å². The van der Waals surface area contributed by atoms with Crippen LogP contribution >= 0.6 is 0 Å². The molecule has 0 aliphatic rings. The molecule has 104 valence electrons. The molecule has 1 aromatic carbocycles. The summed E-state index contributed by atoms with van der Waals surface area (Å²) in [5.74, 6) is 1.40. The molecule has 0 saturated carbocycles. The van der Waals surface area contributed by atoms with E-state index in [0.717, 1.165) is 11.1 Å². The summed E-state index contributed by atoms with van der Waals surface area (Å²) in [7, 11) is 0. The topological polar surface area (TPSA) is 99.9 Å². The molecule has 0 unspecified atom stereocenters. The fourth-order valence-electron chi connectivity index (χ4n) is 1.84. The molecule has 0 atom stereocenters. The highest BCUT2D eigenvalue weighted by molar-refractivity contribution is 5.73. The van der Waals surface area contributed by atoms with E-state index in [1.54, 1.807) is 24.5 Å². The number of anilines is 2. The van der Waals surface area contributed by atoms with Crippen LogP contribution in [-0.4, -0.2) is 15.0 Å². The Hall–Kier alpha value is -3.15. The number of hydrogen-bond acceptors (Lipinski definition) is 6. The zero-order valence-electron chi connectivity index (χ0n) is 11.1. The Morgan fingerprint density at radius 3 is 2.24 bits per heavy atom. The van der Waals surface area contributed by atoms with Crippen molar-refractivity contribution in [1.82, 2.24) is 15.0 Å². The number of ether oxygens (including phenoxy) is 1. The molecule has 0 spiro atoms. The molecule has 0 fully saturated rings. The lowest BCUT2D eigenvalue weighted by Crippen LogP contribution is -1.99. The zero-order valence-corrected chi connectivity index (χ0v) is 11.1. The number of hydrogen-bond donors (Lipinski definition) is 2. The number of nitrogen functional groups attached to an aromatic ring is 2. The van der Waals surface area contributed by atoms with Crippen molar-refractivity contribution in [2.75, 3.05) is 11.5 Å². The van der Waals surface area contributed by atoms with Gasteiger partial charge in [0, 0.05) is 23.5 Å². The van der Waals surface area contributed by atoms with Crippen LogP contribution in [0.3, 0.4) is 0 Å². The molecule has 0 saturated heterocycles. The third-order valence-corrected chi connectivity index (χ3v) is 2.84. The van der Waals surface area contributed by atoms with Crippen molar-refractivity contribution < 1.29 is 4.74 Å². The van der Waals surface area contributed by atoms with Gasteiger partial charge in [-0.1, -0.05) is 18.2 Å². The molecule has 0 bridgehead atoms. The van der Waals surface area contributed by atoms with E-state index in [-0.39, 0.29) is 6.01 Å². The Bertz CT molecular complexity index is 744. The first-order valence-electron chi connectivity index (χ1n) is 6.30. The molecule has 3 aromatic rings. The summed E-state index contributed by atoms with van der Waals surface area (Å²) in [6.45, 7) is 0. The highest BCUT2D eigenvalue weighted by atomic mass is 16.5. The third-order valence-electron chi connectivity index (χ3n) is 2.84. The number of para-hydroxylation sites is 1. The van der Waals surface area contributed by atoms with Crippen LogP contribution in [0.25, 0.3) is 11.1 Å². The monoisotopic (exact) mass is 279 g/mol. The highest BCUT2D eigenvalue weighted by Crippen LogP contribution is 2.25. The third kappa shape index (κ3) is 2.89.